The Balaban J connectivity index is 1.17. The summed E-state index contributed by atoms with van der Waals surface area (Å²) in [4.78, 5) is 14.5. The summed E-state index contributed by atoms with van der Waals surface area (Å²) in [6.45, 7) is 18.7. The summed E-state index contributed by atoms with van der Waals surface area (Å²) in [6.07, 6.45) is 3.80. The van der Waals surface area contributed by atoms with Gasteiger partial charge >= 0.3 is 0 Å². The molecule has 0 saturated heterocycles. The number of ether oxygens (including phenoxy) is 1. The van der Waals surface area contributed by atoms with Gasteiger partial charge in [-0.2, -0.15) is 0 Å². The van der Waals surface area contributed by atoms with Crippen LogP contribution in [0.3, 0.4) is 0 Å². The second-order valence-electron chi connectivity index (χ2n) is 15.7. The molecule has 1 aliphatic rings. The van der Waals surface area contributed by atoms with Gasteiger partial charge in [0.1, 0.15) is 24.0 Å². The molecule has 6 nitrogen and oxygen atoms in total. The molecule has 0 N–H and O–H groups in total. The van der Waals surface area contributed by atoms with Crippen molar-refractivity contribution in [1.29, 1.82) is 0 Å². The molecule has 8 rings (SSSR count). The molecule has 7 aromatic rings. The van der Waals surface area contributed by atoms with Crippen molar-refractivity contribution in [2.24, 2.45) is 0 Å². The Morgan fingerprint density at radius 1 is 0.654 bits per heavy atom. The Labute approximate surface area is 307 Å². The highest BCUT2D eigenvalue weighted by atomic mass is 16.5. The van der Waals surface area contributed by atoms with Crippen LogP contribution in [0.25, 0.3) is 27.6 Å². The Hall–Kier alpha value is -5.62. The van der Waals surface area contributed by atoms with Crippen molar-refractivity contribution in [2.45, 2.75) is 72.6 Å². The van der Waals surface area contributed by atoms with Gasteiger partial charge in [0.05, 0.1) is 16.7 Å². The number of aryl methyl sites for hydroxylation is 1. The molecule has 0 spiro atoms. The fourth-order valence-electron chi connectivity index (χ4n) is 7.63. The Morgan fingerprint density at radius 2 is 1.38 bits per heavy atom. The summed E-state index contributed by atoms with van der Waals surface area (Å²) in [7, 11) is 0. The van der Waals surface area contributed by atoms with E-state index in [1.54, 1.807) is 0 Å². The SMILES string of the molecule is Cc1cc(C(C)C)c(N2CN(c3cccc(Oc4ccc5c6ccccc6n(-c6cc(C(C)(C)C)ccn6)c5c4)c3)c3ncccc32)c(C(C)C)c1. The molecule has 0 bridgehead atoms. The minimum atomic E-state index is 0.00567. The van der Waals surface area contributed by atoms with E-state index in [1.807, 2.05) is 24.5 Å². The third kappa shape index (κ3) is 5.86. The zero-order valence-corrected chi connectivity index (χ0v) is 31.5. The van der Waals surface area contributed by atoms with Crippen molar-refractivity contribution in [3.63, 3.8) is 0 Å². The zero-order chi connectivity index (χ0) is 36.3. The zero-order valence-electron chi connectivity index (χ0n) is 31.5. The third-order valence-corrected chi connectivity index (χ3v) is 10.3. The highest BCUT2D eigenvalue weighted by Crippen LogP contribution is 2.48. The average Bonchev–Trinajstić information content (AvgIpc) is 3.67. The minimum Gasteiger partial charge on any atom is -0.457 e. The van der Waals surface area contributed by atoms with E-state index in [1.165, 1.54) is 33.3 Å². The Morgan fingerprint density at radius 3 is 2.13 bits per heavy atom. The number of aromatic nitrogens is 3. The molecule has 0 fully saturated rings. The van der Waals surface area contributed by atoms with Crippen LogP contribution in [0.5, 0.6) is 11.5 Å². The third-order valence-electron chi connectivity index (χ3n) is 10.3. The fraction of sp³-hybridized carbons (Fsp3) is 0.261. The first-order chi connectivity index (χ1) is 25.0. The molecule has 0 amide bonds. The lowest BCUT2D eigenvalue weighted by Gasteiger charge is -2.29. The number of hydrogen-bond acceptors (Lipinski definition) is 5. The predicted molar refractivity (Wildman–Crippen MR) is 217 cm³/mol. The van der Waals surface area contributed by atoms with Crippen molar-refractivity contribution in [1.82, 2.24) is 14.5 Å². The maximum Gasteiger partial charge on any atom is 0.158 e. The molecule has 0 saturated carbocycles. The molecule has 262 valence electrons. The minimum absolute atomic E-state index is 0.00567. The van der Waals surface area contributed by atoms with E-state index in [9.17, 15) is 0 Å². The van der Waals surface area contributed by atoms with Crippen LogP contribution < -0.4 is 14.5 Å². The van der Waals surface area contributed by atoms with E-state index < -0.39 is 0 Å². The van der Waals surface area contributed by atoms with E-state index in [4.69, 9.17) is 14.7 Å². The van der Waals surface area contributed by atoms with Gasteiger partial charge in [-0.25, -0.2) is 9.97 Å². The Bertz CT molecular complexity index is 2420. The maximum atomic E-state index is 6.67. The number of anilines is 4. The number of rotatable bonds is 7. The fourth-order valence-corrected chi connectivity index (χ4v) is 7.63. The number of nitrogens with zero attached hydrogens (tertiary/aromatic N) is 5. The lowest BCUT2D eigenvalue weighted by atomic mass is 9.88. The highest BCUT2D eigenvalue weighted by molar-refractivity contribution is 6.09. The summed E-state index contributed by atoms with van der Waals surface area (Å²) in [5, 5.41) is 2.35. The molecule has 0 unspecified atom stereocenters. The summed E-state index contributed by atoms with van der Waals surface area (Å²) >= 11 is 0. The summed E-state index contributed by atoms with van der Waals surface area (Å²) in [5.41, 5.74) is 10.9. The van der Waals surface area contributed by atoms with Gasteiger partial charge in [0.2, 0.25) is 0 Å². The average molecular weight is 686 g/mol. The highest BCUT2D eigenvalue weighted by Gasteiger charge is 2.33. The molecular formula is C46H47N5O. The standard InChI is InChI=1S/C46H47N5O/c1-29(2)38-23-31(5)24-39(30(3)4)44(38)50-28-49(45-41(50)17-12-21-48-45)33-13-11-14-34(26-33)52-35-18-19-37-36-15-9-10-16-40(36)51(42(37)27-35)43-25-32(20-22-47-43)46(6,7)8/h9-27,29-30H,28H2,1-8H3. The van der Waals surface area contributed by atoms with Crippen LogP contribution in [-0.4, -0.2) is 21.2 Å². The number of para-hydroxylation sites is 1. The van der Waals surface area contributed by atoms with Crippen LogP contribution in [0.4, 0.5) is 22.9 Å². The second-order valence-corrected chi connectivity index (χ2v) is 15.7. The molecule has 52 heavy (non-hydrogen) atoms. The van der Waals surface area contributed by atoms with Crippen molar-refractivity contribution in [2.75, 3.05) is 16.5 Å². The lowest BCUT2D eigenvalue weighted by Crippen LogP contribution is -2.26. The van der Waals surface area contributed by atoms with Gasteiger partial charge in [0.15, 0.2) is 5.82 Å². The number of benzene rings is 4. The first-order valence-electron chi connectivity index (χ1n) is 18.4. The van der Waals surface area contributed by atoms with Crippen LogP contribution in [0.15, 0.2) is 116 Å². The van der Waals surface area contributed by atoms with Crippen LogP contribution in [0, 0.1) is 6.92 Å². The molecule has 0 atom stereocenters. The van der Waals surface area contributed by atoms with Crippen LogP contribution >= 0.6 is 0 Å². The van der Waals surface area contributed by atoms with Gasteiger partial charge in [0, 0.05) is 46.7 Å². The molecule has 0 aliphatic carbocycles. The predicted octanol–water partition coefficient (Wildman–Crippen LogP) is 12.5. The van der Waals surface area contributed by atoms with Crippen LogP contribution in [-0.2, 0) is 5.41 Å². The molecule has 1 aliphatic heterocycles. The van der Waals surface area contributed by atoms with Crippen LogP contribution in [0.1, 0.15) is 82.6 Å². The molecule has 6 heteroatoms. The molecule has 4 aromatic carbocycles. The van der Waals surface area contributed by atoms with Crippen molar-refractivity contribution < 1.29 is 4.74 Å². The van der Waals surface area contributed by atoms with Crippen molar-refractivity contribution in [3.8, 4) is 17.3 Å². The molecule has 3 aromatic heterocycles. The van der Waals surface area contributed by atoms with E-state index >= 15 is 0 Å². The smallest absolute Gasteiger partial charge is 0.158 e. The van der Waals surface area contributed by atoms with Gasteiger partial charge in [0.25, 0.3) is 0 Å². The van der Waals surface area contributed by atoms with Crippen molar-refractivity contribution >= 4 is 44.7 Å². The summed E-state index contributed by atoms with van der Waals surface area (Å²) in [6, 6.07) is 36.5. The van der Waals surface area contributed by atoms with E-state index in [0.29, 0.717) is 18.5 Å². The maximum absolute atomic E-state index is 6.67. The first-order valence-corrected chi connectivity index (χ1v) is 18.4. The quantitative estimate of drug-likeness (QED) is 0.167. The Kier molecular flexibility index (Phi) is 8.29. The summed E-state index contributed by atoms with van der Waals surface area (Å²) in [5.74, 6) is 4.15. The summed E-state index contributed by atoms with van der Waals surface area (Å²) < 4.78 is 8.93. The largest absolute Gasteiger partial charge is 0.457 e. The lowest BCUT2D eigenvalue weighted by molar-refractivity contribution is 0.483. The van der Waals surface area contributed by atoms with E-state index in [-0.39, 0.29) is 5.41 Å². The number of hydrogen-bond donors (Lipinski definition) is 0. The monoisotopic (exact) mass is 685 g/mol. The van der Waals surface area contributed by atoms with Crippen LogP contribution in [0.2, 0.25) is 0 Å². The number of fused-ring (bicyclic) bond motifs is 4. The van der Waals surface area contributed by atoms with Gasteiger partial charge in [-0.1, -0.05) is 90.4 Å². The van der Waals surface area contributed by atoms with Gasteiger partial charge < -0.3 is 14.5 Å². The molecule has 0 radical (unpaired) electrons. The molecule has 4 heterocycles. The van der Waals surface area contributed by atoms with Gasteiger partial charge in [-0.15, -0.1) is 0 Å². The number of pyridine rings is 2. The van der Waals surface area contributed by atoms with E-state index in [0.717, 1.165) is 50.9 Å². The topological polar surface area (TPSA) is 46.4 Å². The van der Waals surface area contributed by atoms with E-state index in [2.05, 4.69) is 161 Å². The van der Waals surface area contributed by atoms with Gasteiger partial charge in [-0.3, -0.25) is 4.57 Å². The van der Waals surface area contributed by atoms with Crippen molar-refractivity contribution in [3.05, 3.63) is 138 Å². The van der Waals surface area contributed by atoms with Gasteiger partial charge in [-0.05, 0) is 95.5 Å². The first kappa shape index (κ1) is 33.5. The second kappa shape index (κ2) is 12.9. The normalized spacial score (nSPS) is 13.2. The molecular weight excluding hydrogens is 639 g/mol.